The third kappa shape index (κ3) is 7.24. The van der Waals surface area contributed by atoms with Gasteiger partial charge >= 0.3 is 17.9 Å². The van der Waals surface area contributed by atoms with Crippen LogP contribution in [-0.2, 0) is 56.2 Å². The van der Waals surface area contributed by atoms with Gasteiger partial charge < -0.3 is 30.1 Å². The molecule has 3 aromatic rings. The minimum Gasteiger partial charge on any atom is -0.458 e. The molecule has 4 heterocycles. The highest BCUT2D eigenvalue weighted by Crippen LogP contribution is 2.51. The smallest absolute Gasteiger partial charge is 0.373 e. The molecule has 20 nitrogen and oxygen atoms in total. The van der Waals surface area contributed by atoms with Crippen molar-refractivity contribution < 1.29 is 52.9 Å². The molecule has 0 spiro atoms. The van der Waals surface area contributed by atoms with Crippen LogP contribution in [0.1, 0.15) is 37.1 Å². The number of esters is 3. The standard InChI is InChI=1S/C32H29N7O13S2/c1-31(2,28(43)49-12-16-3-7-19(8-4-16)38(45)46)52-36-23(21-15-54-30(33)34-21)25(41)35-24-26(42)37-27(24)53-14-18-11-22(40)51-32(18,37)29(44)50-13-17-5-9-20(10-6-17)39(47)48/h3-10,15,18,24,27H,11-14H2,1-2H3,(H2,33,34)(H,35,41)/b36-23-/t18-,24+,27+,32+/m0/s1. The highest BCUT2D eigenvalue weighted by molar-refractivity contribution is 8.00. The number of aromatic nitrogens is 1. The molecule has 0 radical (unpaired) electrons. The number of thioether (sulfide) groups is 1. The van der Waals surface area contributed by atoms with Gasteiger partial charge in [-0.2, -0.15) is 0 Å². The molecule has 6 rings (SSSR count). The number of non-ortho nitro benzene ring substituents is 2. The summed E-state index contributed by atoms with van der Waals surface area (Å²) < 4.78 is 16.3. The summed E-state index contributed by atoms with van der Waals surface area (Å²) in [5.41, 5.74) is 2.00. The van der Waals surface area contributed by atoms with Gasteiger partial charge in [-0.25, -0.2) is 14.6 Å². The Morgan fingerprint density at radius 3 is 2.19 bits per heavy atom. The Labute approximate surface area is 312 Å². The van der Waals surface area contributed by atoms with E-state index < -0.39 is 73.9 Å². The Balaban J connectivity index is 1.15. The number of nitrogens with two attached hydrogens (primary N) is 1. The average Bonchev–Trinajstić information content (AvgIpc) is 3.73. The van der Waals surface area contributed by atoms with Crippen LogP contribution < -0.4 is 11.1 Å². The highest BCUT2D eigenvalue weighted by Gasteiger charge is 2.72. The molecule has 3 fully saturated rings. The third-order valence-corrected chi connectivity index (χ3v) is 10.6. The summed E-state index contributed by atoms with van der Waals surface area (Å²) in [4.78, 5) is 97.9. The zero-order chi connectivity index (χ0) is 38.9. The SMILES string of the molecule is CC(C)(O/N=C(\C(=O)N[C@@H]1C(=O)N2[C@@H]1SC[C@@H]1CC(=O)O[C@@]12C(=O)OCc1ccc([N+](=O)[O-])cc1)c1csc(N)n1)C(=O)OCc1ccc([N+](=O)[O-])cc1. The molecule has 0 saturated carbocycles. The first-order chi connectivity index (χ1) is 25.6. The Kier molecular flexibility index (Phi) is 10.2. The molecule has 0 bridgehead atoms. The second kappa shape index (κ2) is 14.7. The molecule has 0 unspecified atom stereocenters. The van der Waals surface area contributed by atoms with E-state index in [0.29, 0.717) is 11.1 Å². The number of hydrogen-bond acceptors (Lipinski definition) is 18. The van der Waals surface area contributed by atoms with Crippen LogP contribution in [-0.4, -0.2) is 83.7 Å². The second-order valence-corrected chi connectivity index (χ2v) is 14.6. The maximum absolute atomic E-state index is 13.7. The number of nitro benzene ring substituents is 2. The number of carbonyl (C=O) groups excluding carboxylic acids is 5. The number of thiazole rings is 1. The molecule has 3 saturated heterocycles. The van der Waals surface area contributed by atoms with E-state index in [9.17, 15) is 44.2 Å². The van der Waals surface area contributed by atoms with Gasteiger partial charge in [0.25, 0.3) is 28.9 Å². The topological polar surface area (TPSA) is 275 Å². The van der Waals surface area contributed by atoms with E-state index in [2.05, 4.69) is 15.5 Å². The molecule has 4 atom stereocenters. The van der Waals surface area contributed by atoms with Crippen LogP contribution in [0.4, 0.5) is 16.5 Å². The van der Waals surface area contributed by atoms with Crippen molar-refractivity contribution in [2.75, 3.05) is 11.5 Å². The molecule has 3 N–H and O–H groups in total. The van der Waals surface area contributed by atoms with Gasteiger partial charge in [-0.3, -0.25) is 39.5 Å². The van der Waals surface area contributed by atoms with E-state index in [1.165, 1.54) is 79.5 Å². The van der Waals surface area contributed by atoms with Crippen molar-refractivity contribution >= 4 is 75.0 Å². The number of carbonyl (C=O) groups is 5. The van der Waals surface area contributed by atoms with E-state index in [4.69, 9.17) is 24.8 Å². The number of rotatable bonds is 13. The van der Waals surface area contributed by atoms with Crippen molar-refractivity contribution in [3.63, 3.8) is 0 Å². The number of anilines is 1. The normalized spacial score (nSPS) is 21.9. The number of oxime groups is 1. The van der Waals surface area contributed by atoms with E-state index in [1.54, 1.807) is 0 Å². The molecular weight excluding hydrogens is 755 g/mol. The maximum atomic E-state index is 13.7. The number of amides is 2. The van der Waals surface area contributed by atoms with E-state index in [1.807, 2.05) is 0 Å². The molecule has 2 aromatic carbocycles. The van der Waals surface area contributed by atoms with Gasteiger partial charge in [0.05, 0.1) is 16.3 Å². The van der Waals surface area contributed by atoms with Crippen molar-refractivity contribution in [1.82, 2.24) is 15.2 Å². The van der Waals surface area contributed by atoms with Crippen LogP contribution in [0.15, 0.2) is 59.1 Å². The summed E-state index contributed by atoms with van der Waals surface area (Å²) in [5.74, 6) is -4.93. The quantitative estimate of drug-likeness (QED) is 0.0628. The van der Waals surface area contributed by atoms with Crippen LogP contribution in [0.2, 0.25) is 0 Å². The number of benzene rings is 2. The fourth-order valence-corrected chi connectivity index (χ4v) is 7.82. The molecule has 22 heteroatoms. The largest absolute Gasteiger partial charge is 0.458 e. The molecule has 3 aliphatic rings. The number of nitro groups is 2. The van der Waals surface area contributed by atoms with Crippen LogP contribution >= 0.6 is 23.1 Å². The molecule has 0 aliphatic carbocycles. The van der Waals surface area contributed by atoms with Crippen LogP contribution in [0.5, 0.6) is 0 Å². The zero-order valence-electron chi connectivity index (χ0n) is 28.2. The second-order valence-electron chi connectivity index (χ2n) is 12.6. The maximum Gasteiger partial charge on any atom is 0.373 e. The average molecular weight is 784 g/mol. The van der Waals surface area contributed by atoms with Gasteiger partial charge in [0, 0.05) is 41.3 Å². The van der Waals surface area contributed by atoms with E-state index in [0.717, 1.165) is 16.2 Å². The Morgan fingerprint density at radius 2 is 1.63 bits per heavy atom. The van der Waals surface area contributed by atoms with Crippen molar-refractivity contribution in [3.8, 4) is 0 Å². The summed E-state index contributed by atoms with van der Waals surface area (Å²) in [6.45, 7) is 2.07. The first-order valence-electron chi connectivity index (χ1n) is 15.9. The Bertz CT molecular complexity index is 2070. The summed E-state index contributed by atoms with van der Waals surface area (Å²) in [6, 6.07) is 9.38. The number of fused-ring (bicyclic) bond motifs is 3. The lowest BCUT2D eigenvalue weighted by atomic mass is 9.89. The summed E-state index contributed by atoms with van der Waals surface area (Å²) in [6.07, 6.45) is -0.168. The van der Waals surface area contributed by atoms with E-state index >= 15 is 0 Å². The lowest BCUT2D eigenvalue weighted by Gasteiger charge is -2.56. The van der Waals surface area contributed by atoms with Crippen molar-refractivity contribution in [2.24, 2.45) is 11.1 Å². The monoisotopic (exact) mass is 783 g/mol. The molecule has 282 valence electrons. The van der Waals surface area contributed by atoms with Gasteiger partial charge in [0.2, 0.25) is 5.60 Å². The van der Waals surface area contributed by atoms with Gasteiger partial charge in [-0.1, -0.05) is 5.16 Å². The molecule has 54 heavy (non-hydrogen) atoms. The molecular formula is C32H29N7O13S2. The summed E-state index contributed by atoms with van der Waals surface area (Å²) in [5, 5.41) is 29.0. The summed E-state index contributed by atoms with van der Waals surface area (Å²) >= 11 is 2.19. The minimum absolute atomic E-state index is 0.0407. The van der Waals surface area contributed by atoms with Gasteiger partial charge in [0.15, 0.2) is 10.8 Å². The highest BCUT2D eigenvalue weighted by atomic mass is 32.2. The lowest BCUT2D eigenvalue weighted by Crippen LogP contribution is -2.80. The van der Waals surface area contributed by atoms with Crippen LogP contribution in [0, 0.1) is 26.1 Å². The zero-order valence-corrected chi connectivity index (χ0v) is 29.8. The third-order valence-electron chi connectivity index (χ3n) is 8.55. The van der Waals surface area contributed by atoms with Crippen molar-refractivity contribution in [2.45, 2.75) is 56.2 Å². The predicted molar refractivity (Wildman–Crippen MR) is 186 cm³/mol. The van der Waals surface area contributed by atoms with Gasteiger partial charge in [-0.15, -0.1) is 23.1 Å². The number of hydrogen-bond donors (Lipinski definition) is 2. The van der Waals surface area contributed by atoms with E-state index in [-0.39, 0.29) is 47.6 Å². The fourth-order valence-electron chi connectivity index (χ4n) is 5.71. The number of β-lactam (4-membered cyclic amide) rings is 1. The van der Waals surface area contributed by atoms with Gasteiger partial charge in [0.1, 0.15) is 30.3 Å². The van der Waals surface area contributed by atoms with Crippen molar-refractivity contribution in [3.05, 3.63) is 91.0 Å². The first kappa shape index (κ1) is 37.6. The van der Waals surface area contributed by atoms with Gasteiger partial charge in [-0.05, 0) is 49.2 Å². The van der Waals surface area contributed by atoms with Crippen molar-refractivity contribution in [1.29, 1.82) is 0 Å². The number of nitrogens with one attached hydrogen (secondary N) is 1. The van der Waals surface area contributed by atoms with Crippen LogP contribution in [0.25, 0.3) is 0 Å². The van der Waals surface area contributed by atoms with Crippen LogP contribution in [0.3, 0.4) is 0 Å². The lowest BCUT2D eigenvalue weighted by molar-refractivity contribution is -0.385. The Morgan fingerprint density at radius 1 is 1.04 bits per heavy atom. The predicted octanol–water partition coefficient (Wildman–Crippen LogP) is 2.19. The molecule has 2 amide bonds. The molecule has 1 aromatic heterocycles. The Hall–Kier alpha value is -6.16. The fraction of sp³-hybridized carbons (Fsp3) is 0.344. The first-order valence-corrected chi connectivity index (χ1v) is 17.8. The molecule has 3 aliphatic heterocycles. The minimum atomic E-state index is -2.10. The number of nitrogens with zero attached hydrogens (tertiary/aromatic N) is 5. The number of ether oxygens (including phenoxy) is 3. The summed E-state index contributed by atoms with van der Waals surface area (Å²) in [7, 11) is 0. The number of nitrogen functional groups attached to an aromatic ring is 1.